The van der Waals surface area contributed by atoms with E-state index in [4.69, 9.17) is 0 Å². The van der Waals surface area contributed by atoms with Gasteiger partial charge in [0.2, 0.25) is 6.17 Å². The monoisotopic (exact) mass is 510 g/mol. The van der Waals surface area contributed by atoms with Gasteiger partial charge in [-0.05, 0) is 0 Å². The Balaban J connectivity index is 0. The SMILES string of the molecule is O=S(=O)([O-])C(F)C(F)(F)C(F)(F)C(F)C(F)C(F)C(F)C(F)C(F)C(F)C(F)F.[Na+]. The van der Waals surface area contributed by atoms with Gasteiger partial charge in [-0.25, -0.2) is 52.3 Å². The fourth-order valence-corrected chi connectivity index (χ4v) is 2.24. The third-order valence-corrected chi connectivity index (χ3v) is 4.17. The fourth-order valence-electron chi connectivity index (χ4n) is 1.72. The van der Waals surface area contributed by atoms with Crippen LogP contribution in [0.1, 0.15) is 0 Å². The summed E-state index contributed by atoms with van der Waals surface area (Å²) in [5, 5.41) is 0. The van der Waals surface area contributed by atoms with Crippen molar-refractivity contribution in [3.8, 4) is 0 Å². The third kappa shape index (κ3) is 6.71. The predicted octanol–water partition coefficient (Wildman–Crippen LogP) is 0.734. The zero-order chi connectivity index (χ0) is 23.7. The standard InChI is InChI=1S/C11H10F14O3S.Na/c12-1(2(13)4(15)6(17)8(19)20)3(14)5(16)7(18)10(22,23)11(24,25)9(21)29(26,27)28;/h1-9H,(H,26,27,28);/q;+1/p-1. The molecule has 19 heteroatoms. The van der Waals surface area contributed by atoms with Crippen LogP contribution in [-0.2, 0) is 10.1 Å². The van der Waals surface area contributed by atoms with Gasteiger partial charge in [0.15, 0.2) is 37.0 Å². The normalized spacial score (nSPS) is 21.7. The van der Waals surface area contributed by atoms with Crippen LogP contribution in [0.4, 0.5) is 61.5 Å². The Bertz CT molecular complexity index is 637. The van der Waals surface area contributed by atoms with E-state index >= 15 is 0 Å². The van der Waals surface area contributed by atoms with Crippen LogP contribution >= 0.6 is 0 Å². The second kappa shape index (κ2) is 11.2. The maximum atomic E-state index is 13.3. The second-order valence-electron chi connectivity index (χ2n) is 5.46. The summed E-state index contributed by atoms with van der Waals surface area (Å²) in [6, 6.07) is 0. The molecular formula is C11H9F14NaO3S. The van der Waals surface area contributed by atoms with Crippen LogP contribution < -0.4 is 29.6 Å². The molecule has 0 rings (SSSR count). The first-order valence-corrected chi connectivity index (χ1v) is 8.31. The molecule has 0 aliphatic heterocycles. The molecular weight excluding hydrogens is 501 g/mol. The van der Waals surface area contributed by atoms with Gasteiger partial charge in [-0.15, -0.1) is 0 Å². The number of halogens is 14. The summed E-state index contributed by atoms with van der Waals surface area (Å²) >= 11 is 0. The van der Waals surface area contributed by atoms with E-state index in [1.165, 1.54) is 0 Å². The summed E-state index contributed by atoms with van der Waals surface area (Å²) in [6.45, 7) is 0. The average Bonchev–Trinajstić information content (AvgIpc) is 2.61. The summed E-state index contributed by atoms with van der Waals surface area (Å²) in [7, 11) is -6.91. The third-order valence-electron chi connectivity index (χ3n) is 3.37. The molecule has 0 spiro atoms. The predicted molar refractivity (Wildman–Crippen MR) is 64.8 cm³/mol. The molecule has 0 radical (unpaired) electrons. The molecule has 0 saturated carbocycles. The number of rotatable bonds is 11. The van der Waals surface area contributed by atoms with Crippen LogP contribution in [-0.4, -0.2) is 79.9 Å². The van der Waals surface area contributed by atoms with Crippen LogP contribution in [0.3, 0.4) is 0 Å². The largest absolute Gasteiger partial charge is 1.00 e. The van der Waals surface area contributed by atoms with Crippen LogP contribution in [0.15, 0.2) is 0 Å². The smallest absolute Gasteiger partial charge is 0.746 e. The van der Waals surface area contributed by atoms with E-state index in [1.54, 1.807) is 0 Å². The summed E-state index contributed by atoms with van der Waals surface area (Å²) in [6.07, 6.45) is -36.4. The molecule has 0 saturated heterocycles. The maximum Gasteiger partial charge on any atom is 1.00 e. The van der Waals surface area contributed by atoms with Gasteiger partial charge in [-0.1, -0.05) is 0 Å². The Morgan fingerprint density at radius 1 is 0.567 bits per heavy atom. The van der Waals surface area contributed by atoms with Crippen molar-refractivity contribution in [1.29, 1.82) is 0 Å². The molecule has 0 heterocycles. The molecule has 30 heavy (non-hydrogen) atoms. The molecule has 0 bridgehead atoms. The second-order valence-corrected chi connectivity index (χ2v) is 6.86. The van der Waals surface area contributed by atoms with Crippen molar-refractivity contribution in [3.05, 3.63) is 0 Å². The first kappa shape index (κ1) is 32.1. The molecule has 0 aromatic heterocycles. The van der Waals surface area contributed by atoms with E-state index in [-0.39, 0.29) is 29.6 Å². The minimum atomic E-state index is -6.91. The molecule has 0 N–H and O–H groups in total. The van der Waals surface area contributed by atoms with Crippen LogP contribution in [0.25, 0.3) is 0 Å². The van der Waals surface area contributed by atoms with E-state index < -0.39 is 77.1 Å². The average molecular weight is 510 g/mol. The Labute approximate surface area is 181 Å². The molecule has 8 atom stereocenters. The van der Waals surface area contributed by atoms with E-state index in [2.05, 4.69) is 0 Å². The summed E-state index contributed by atoms with van der Waals surface area (Å²) < 4.78 is 211. The maximum absolute atomic E-state index is 13.3. The van der Waals surface area contributed by atoms with Crippen molar-refractivity contribution in [3.63, 3.8) is 0 Å². The zero-order valence-electron chi connectivity index (χ0n) is 14.1. The topological polar surface area (TPSA) is 57.2 Å². The van der Waals surface area contributed by atoms with Crippen molar-refractivity contribution in [2.45, 2.75) is 67.0 Å². The van der Waals surface area contributed by atoms with Gasteiger partial charge in [-0.2, -0.15) is 17.6 Å². The molecule has 0 amide bonds. The van der Waals surface area contributed by atoms with Crippen LogP contribution in [0.5, 0.6) is 0 Å². The molecule has 0 aliphatic carbocycles. The van der Waals surface area contributed by atoms with Crippen LogP contribution in [0.2, 0.25) is 0 Å². The van der Waals surface area contributed by atoms with E-state index in [9.17, 15) is 74.4 Å². The van der Waals surface area contributed by atoms with Gasteiger partial charge in [0.05, 0.1) is 0 Å². The van der Waals surface area contributed by atoms with E-state index in [0.717, 1.165) is 0 Å². The molecule has 0 aromatic rings. The minimum absolute atomic E-state index is 0. The van der Waals surface area contributed by atoms with E-state index in [0.29, 0.717) is 0 Å². The van der Waals surface area contributed by atoms with Gasteiger partial charge in [-0.3, -0.25) is 0 Å². The Hall–Kier alpha value is -0.0700. The van der Waals surface area contributed by atoms with Gasteiger partial charge >= 0.3 is 41.4 Å². The Morgan fingerprint density at radius 2 is 0.867 bits per heavy atom. The van der Waals surface area contributed by atoms with Gasteiger partial charge in [0, 0.05) is 0 Å². The quantitative estimate of drug-likeness (QED) is 0.234. The molecule has 8 unspecified atom stereocenters. The number of hydrogen-bond donors (Lipinski definition) is 0. The summed E-state index contributed by atoms with van der Waals surface area (Å²) in [4.78, 5) is 0. The molecule has 176 valence electrons. The van der Waals surface area contributed by atoms with E-state index in [1.807, 2.05) is 0 Å². The molecule has 0 aliphatic rings. The van der Waals surface area contributed by atoms with Gasteiger partial charge in [0.25, 0.3) is 11.9 Å². The molecule has 3 nitrogen and oxygen atoms in total. The van der Waals surface area contributed by atoms with Crippen molar-refractivity contribution in [2.24, 2.45) is 0 Å². The minimum Gasteiger partial charge on any atom is -0.746 e. The van der Waals surface area contributed by atoms with Crippen LogP contribution in [0, 0.1) is 0 Å². The first-order chi connectivity index (χ1) is 12.7. The van der Waals surface area contributed by atoms with Gasteiger partial charge in [0.1, 0.15) is 10.1 Å². The Morgan fingerprint density at radius 3 is 1.17 bits per heavy atom. The van der Waals surface area contributed by atoms with Crippen molar-refractivity contribution in [1.82, 2.24) is 0 Å². The number of hydrogen-bond acceptors (Lipinski definition) is 3. The summed E-state index contributed by atoms with van der Waals surface area (Å²) in [5.41, 5.74) is -5.39. The van der Waals surface area contributed by atoms with Crippen molar-refractivity contribution in [2.75, 3.05) is 0 Å². The van der Waals surface area contributed by atoms with Crippen molar-refractivity contribution >= 4 is 10.1 Å². The molecule has 0 aromatic carbocycles. The van der Waals surface area contributed by atoms with Gasteiger partial charge < -0.3 is 4.55 Å². The fraction of sp³-hybridized carbons (Fsp3) is 1.00. The van der Waals surface area contributed by atoms with Crippen molar-refractivity contribution < 1.29 is 104 Å². The Kier molecular flexibility index (Phi) is 12.0. The summed E-state index contributed by atoms with van der Waals surface area (Å²) in [5.74, 6) is -13.7. The first-order valence-electron chi connectivity index (χ1n) is 6.83. The number of alkyl halides is 14. The zero-order valence-corrected chi connectivity index (χ0v) is 16.9. The molecule has 0 fully saturated rings.